The van der Waals surface area contributed by atoms with Crippen molar-refractivity contribution in [1.82, 2.24) is 9.78 Å². The van der Waals surface area contributed by atoms with Crippen LogP contribution < -0.4 is 5.32 Å². The second-order valence-corrected chi connectivity index (χ2v) is 4.57. The van der Waals surface area contributed by atoms with Gasteiger partial charge in [0, 0.05) is 30.2 Å². The van der Waals surface area contributed by atoms with Crippen molar-refractivity contribution in [3.63, 3.8) is 0 Å². The molecule has 98 valence electrons. The van der Waals surface area contributed by atoms with Crippen molar-refractivity contribution in [2.24, 2.45) is 0 Å². The van der Waals surface area contributed by atoms with Gasteiger partial charge in [-0.1, -0.05) is 18.2 Å². The number of nitrogens with zero attached hydrogens (tertiary/aromatic N) is 2. The normalized spacial score (nSPS) is 11.1. The van der Waals surface area contributed by atoms with Crippen LogP contribution in [0.4, 0.5) is 5.69 Å². The monoisotopic (exact) mass is 255 g/mol. The Labute approximate surface area is 112 Å². The van der Waals surface area contributed by atoms with E-state index in [-0.39, 0.29) is 0 Å². The van der Waals surface area contributed by atoms with Gasteiger partial charge in [0.25, 0.3) is 0 Å². The van der Waals surface area contributed by atoms with Gasteiger partial charge in [0.15, 0.2) is 0 Å². The fraction of sp³-hybridized carbons (Fsp3) is 0.267. The molecule has 0 spiro atoms. The van der Waals surface area contributed by atoms with Crippen molar-refractivity contribution in [3.05, 3.63) is 48.0 Å². The Hall–Kier alpha value is -2.23. The molecular weight excluding hydrogens is 238 g/mol. The molecule has 0 saturated heterocycles. The molecule has 0 saturated carbocycles. The topological polar surface area (TPSA) is 43.0 Å². The number of aromatic nitrogens is 2. The Morgan fingerprint density at radius 1 is 1.32 bits per heavy atom. The molecule has 0 unspecified atom stereocenters. The molecule has 4 heteroatoms. The number of rotatable bonds is 4. The van der Waals surface area contributed by atoms with Gasteiger partial charge in [0.05, 0.1) is 11.9 Å². The zero-order valence-corrected chi connectivity index (χ0v) is 11.2. The number of hydrogen-bond donors (Lipinski definition) is 1. The first-order chi connectivity index (χ1) is 9.28. The Morgan fingerprint density at radius 2 is 2.16 bits per heavy atom. The van der Waals surface area contributed by atoms with Crippen LogP contribution in [-0.4, -0.2) is 9.78 Å². The quantitative estimate of drug-likeness (QED) is 0.775. The lowest BCUT2D eigenvalue weighted by atomic mass is 10.1. The van der Waals surface area contributed by atoms with Gasteiger partial charge in [0.1, 0.15) is 11.3 Å². The smallest absolute Gasteiger partial charge is 0.134 e. The fourth-order valence-electron chi connectivity index (χ4n) is 2.26. The van der Waals surface area contributed by atoms with Crippen LogP contribution in [0.3, 0.4) is 0 Å². The Bertz CT molecular complexity index is 696. The molecule has 0 aliphatic carbocycles. The first-order valence-electron chi connectivity index (χ1n) is 6.51. The molecule has 0 aliphatic heterocycles. The second-order valence-electron chi connectivity index (χ2n) is 4.57. The minimum atomic E-state index is 0.748. The maximum Gasteiger partial charge on any atom is 0.134 e. The van der Waals surface area contributed by atoms with E-state index in [1.54, 1.807) is 0 Å². The van der Waals surface area contributed by atoms with Gasteiger partial charge >= 0.3 is 0 Å². The molecule has 4 nitrogen and oxygen atoms in total. The summed E-state index contributed by atoms with van der Waals surface area (Å²) in [6.45, 7) is 5.71. The first-order valence-corrected chi connectivity index (χ1v) is 6.51. The van der Waals surface area contributed by atoms with Crippen molar-refractivity contribution < 1.29 is 4.42 Å². The molecule has 1 N–H and O–H groups in total. The number of aryl methyl sites for hydroxylation is 2. The minimum absolute atomic E-state index is 0.748. The standard InChI is InChI=1S/C15H17N3O/c1-3-18-10-12(8-17-18)16-9-14-11(2)19-15-7-5-4-6-13(14)15/h4-8,10,16H,3,9H2,1-2H3. The van der Waals surface area contributed by atoms with Gasteiger partial charge in [-0.25, -0.2) is 0 Å². The first kappa shape index (κ1) is 11.8. The van der Waals surface area contributed by atoms with Crippen LogP contribution in [0.15, 0.2) is 41.1 Å². The van der Waals surface area contributed by atoms with E-state index in [1.165, 1.54) is 10.9 Å². The predicted molar refractivity (Wildman–Crippen MR) is 76.2 cm³/mol. The van der Waals surface area contributed by atoms with Crippen LogP contribution in [0, 0.1) is 6.92 Å². The fourth-order valence-corrected chi connectivity index (χ4v) is 2.26. The highest BCUT2D eigenvalue weighted by Gasteiger charge is 2.10. The molecule has 0 bridgehead atoms. The lowest BCUT2D eigenvalue weighted by molar-refractivity contribution is 0.573. The van der Waals surface area contributed by atoms with Gasteiger partial charge in [-0.2, -0.15) is 5.10 Å². The van der Waals surface area contributed by atoms with Crippen LogP contribution >= 0.6 is 0 Å². The summed E-state index contributed by atoms with van der Waals surface area (Å²) in [4.78, 5) is 0. The summed E-state index contributed by atoms with van der Waals surface area (Å²) < 4.78 is 7.66. The van der Waals surface area contributed by atoms with Gasteiger partial charge < -0.3 is 9.73 Å². The number of fused-ring (bicyclic) bond motifs is 1. The number of hydrogen-bond acceptors (Lipinski definition) is 3. The average molecular weight is 255 g/mol. The molecule has 0 aliphatic rings. The largest absolute Gasteiger partial charge is 0.461 e. The van der Waals surface area contributed by atoms with Crippen molar-refractivity contribution in [2.45, 2.75) is 26.9 Å². The molecule has 3 rings (SSSR count). The minimum Gasteiger partial charge on any atom is -0.461 e. The molecule has 0 amide bonds. The lowest BCUT2D eigenvalue weighted by Gasteiger charge is -2.02. The van der Waals surface area contributed by atoms with E-state index in [0.29, 0.717) is 0 Å². The van der Waals surface area contributed by atoms with E-state index >= 15 is 0 Å². The van der Waals surface area contributed by atoms with Crippen LogP contribution in [0.1, 0.15) is 18.2 Å². The SMILES string of the molecule is CCn1cc(NCc2c(C)oc3ccccc23)cn1. The molecule has 19 heavy (non-hydrogen) atoms. The van der Waals surface area contributed by atoms with Crippen LogP contribution in [0.25, 0.3) is 11.0 Å². The number of benzene rings is 1. The van der Waals surface area contributed by atoms with Gasteiger partial charge in [0.2, 0.25) is 0 Å². The highest BCUT2D eigenvalue weighted by Crippen LogP contribution is 2.25. The van der Waals surface area contributed by atoms with Crippen LogP contribution in [0.2, 0.25) is 0 Å². The van der Waals surface area contributed by atoms with E-state index in [4.69, 9.17) is 4.42 Å². The summed E-state index contributed by atoms with van der Waals surface area (Å²) in [7, 11) is 0. The summed E-state index contributed by atoms with van der Waals surface area (Å²) in [6, 6.07) is 8.13. The number of anilines is 1. The van der Waals surface area contributed by atoms with Crippen molar-refractivity contribution in [2.75, 3.05) is 5.32 Å². The van der Waals surface area contributed by atoms with E-state index < -0.39 is 0 Å². The summed E-state index contributed by atoms with van der Waals surface area (Å²) in [5, 5.41) is 8.82. The molecule has 3 aromatic rings. The zero-order chi connectivity index (χ0) is 13.2. The number of nitrogens with one attached hydrogen (secondary N) is 1. The Kier molecular flexibility index (Phi) is 2.99. The predicted octanol–water partition coefficient (Wildman–Crippen LogP) is 3.57. The third-order valence-electron chi connectivity index (χ3n) is 3.33. The third-order valence-corrected chi connectivity index (χ3v) is 3.33. The van der Waals surface area contributed by atoms with Crippen LogP contribution in [0.5, 0.6) is 0 Å². The van der Waals surface area contributed by atoms with Crippen molar-refractivity contribution >= 4 is 16.7 Å². The zero-order valence-electron chi connectivity index (χ0n) is 11.2. The highest BCUT2D eigenvalue weighted by atomic mass is 16.3. The van der Waals surface area contributed by atoms with E-state index in [2.05, 4.69) is 23.4 Å². The number of furan rings is 1. The molecule has 2 heterocycles. The average Bonchev–Trinajstić information content (AvgIpc) is 3.00. The molecule has 0 atom stereocenters. The Morgan fingerprint density at radius 3 is 2.95 bits per heavy atom. The lowest BCUT2D eigenvalue weighted by Crippen LogP contribution is -1.99. The Balaban J connectivity index is 1.83. The van der Waals surface area contributed by atoms with Gasteiger partial charge in [-0.15, -0.1) is 0 Å². The van der Waals surface area contributed by atoms with E-state index in [1.807, 2.05) is 42.2 Å². The molecule has 0 fully saturated rings. The third kappa shape index (κ3) is 2.21. The molecular formula is C15H17N3O. The summed E-state index contributed by atoms with van der Waals surface area (Å²) in [5.41, 5.74) is 3.19. The number of para-hydroxylation sites is 1. The van der Waals surface area contributed by atoms with Gasteiger partial charge in [-0.05, 0) is 19.9 Å². The summed E-state index contributed by atoms with van der Waals surface area (Å²) in [6.07, 6.45) is 3.86. The molecule has 1 aromatic carbocycles. The van der Waals surface area contributed by atoms with Crippen LogP contribution in [-0.2, 0) is 13.1 Å². The van der Waals surface area contributed by atoms with Crippen molar-refractivity contribution in [3.8, 4) is 0 Å². The summed E-state index contributed by atoms with van der Waals surface area (Å²) >= 11 is 0. The maximum atomic E-state index is 5.75. The molecule has 0 radical (unpaired) electrons. The highest BCUT2D eigenvalue weighted by molar-refractivity contribution is 5.82. The maximum absolute atomic E-state index is 5.75. The van der Waals surface area contributed by atoms with Gasteiger partial charge in [-0.3, -0.25) is 4.68 Å². The molecule has 2 aromatic heterocycles. The van der Waals surface area contributed by atoms with E-state index in [9.17, 15) is 0 Å². The second kappa shape index (κ2) is 4.80. The summed E-state index contributed by atoms with van der Waals surface area (Å²) in [5.74, 6) is 0.969. The van der Waals surface area contributed by atoms with E-state index in [0.717, 1.165) is 30.1 Å². The van der Waals surface area contributed by atoms with Crippen molar-refractivity contribution in [1.29, 1.82) is 0 Å².